The van der Waals surface area contributed by atoms with E-state index < -0.39 is 0 Å². The molecule has 12 heavy (non-hydrogen) atoms. The first-order chi connectivity index (χ1) is 5.62. The normalized spacial score (nSPS) is 18.7. The van der Waals surface area contributed by atoms with Gasteiger partial charge in [-0.1, -0.05) is 26.5 Å². The number of aromatic nitrogens is 1. The lowest BCUT2D eigenvalue weighted by Crippen LogP contribution is -2.15. The summed E-state index contributed by atoms with van der Waals surface area (Å²) >= 11 is 0. The molecule has 2 rings (SSSR count). The maximum Gasteiger partial charge on any atom is 0.134 e. The minimum absolute atomic E-state index is 0.0175. The number of anilines is 1. The summed E-state index contributed by atoms with van der Waals surface area (Å²) in [5.41, 5.74) is 2.27. The molecule has 2 heterocycles. The van der Waals surface area contributed by atoms with Gasteiger partial charge in [0.2, 0.25) is 0 Å². The van der Waals surface area contributed by atoms with E-state index >= 15 is 0 Å². The van der Waals surface area contributed by atoms with Crippen LogP contribution in [0.15, 0.2) is 30.6 Å². The van der Waals surface area contributed by atoms with Crippen LogP contribution < -0.4 is 5.32 Å². The molecule has 0 atom stereocenters. The number of hydrogen-bond acceptors (Lipinski definition) is 2. The molecular weight excluding hydrogens is 148 g/mol. The molecular formula is C10H12N2. The molecule has 0 spiro atoms. The third kappa shape index (κ3) is 0.779. The van der Waals surface area contributed by atoms with Crippen LogP contribution in [0.5, 0.6) is 0 Å². The largest absolute Gasteiger partial charge is 0.343 e. The van der Waals surface area contributed by atoms with Gasteiger partial charge in [0.05, 0.1) is 0 Å². The summed E-state index contributed by atoms with van der Waals surface area (Å²) in [6.45, 7) is 8.27. The molecule has 0 unspecified atom stereocenters. The van der Waals surface area contributed by atoms with E-state index in [9.17, 15) is 0 Å². The highest BCUT2D eigenvalue weighted by molar-refractivity contribution is 5.62. The number of nitrogens with one attached hydrogen (secondary N) is 1. The van der Waals surface area contributed by atoms with Crippen molar-refractivity contribution in [3.8, 4) is 0 Å². The quantitative estimate of drug-likeness (QED) is 0.630. The van der Waals surface area contributed by atoms with Crippen molar-refractivity contribution in [3.05, 3.63) is 36.2 Å². The topological polar surface area (TPSA) is 24.9 Å². The van der Waals surface area contributed by atoms with Gasteiger partial charge in [0, 0.05) is 22.9 Å². The van der Waals surface area contributed by atoms with Crippen LogP contribution in [0.3, 0.4) is 0 Å². The van der Waals surface area contributed by atoms with Gasteiger partial charge in [0.1, 0.15) is 5.82 Å². The molecule has 1 aromatic heterocycles. The highest BCUT2D eigenvalue weighted by Gasteiger charge is 2.33. The zero-order valence-electron chi connectivity index (χ0n) is 7.39. The van der Waals surface area contributed by atoms with Gasteiger partial charge >= 0.3 is 0 Å². The molecule has 62 valence electrons. The summed E-state index contributed by atoms with van der Waals surface area (Å²) in [6, 6.07) is 4.05. The Hall–Kier alpha value is -1.31. The first kappa shape index (κ1) is 7.35. The third-order valence-corrected chi connectivity index (χ3v) is 2.50. The molecule has 0 saturated heterocycles. The SMILES string of the molecule is C=C1Nc2ncccc2C1(C)C. The summed E-state index contributed by atoms with van der Waals surface area (Å²) in [6.07, 6.45) is 1.79. The van der Waals surface area contributed by atoms with Crippen molar-refractivity contribution in [2.24, 2.45) is 0 Å². The summed E-state index contributed by atoms with van der Waals surface area (Å²) in [5, 5.41) is 3.18. The molecule has 1 N–H and O–H groups in total. The Balaban J connectivity index is 2.63. The standard InChI is InChI=1S/C10H12N2/c1-7-10(2,3)8-5-4-6-11-9(8)12-7/h4-6H,1H2,2-3H3,(H,11,12). The molecule has 0 fully saturated rings. The van der Waals surface area contributed by atoms with Crippen LogP contribution in [0, 0.1) is 0 Å². The van der Waals surface area contributed by atoms with Gasteiger partial charge < -0.3 is 5.32 Å². The van der Waals surface area contributed by atoms with Gasteiger partial charge in [-0.25, -0.2) is 4.98 Å². The lowest BCUT2D eigenvalue weighted by Gasteiger charge is -2.18. The number of hydrogen-bond donors (Lipinski definition) is 1. The fourth-order valence-corrected chi connectivity index (χ4v) is 1.47. The van der Waals surface area contributed by atoms with E-state index in [0.717, 1.165) is 11.5 Å². The van der Waals surface area contributed by atoms with E-state index in [1.54, 1.807) is 6.20 Å². The lowest BCUT2D eigenvalue weighted by molar-refractivity contribution is 0.656. The molecule has 2 heteroatoms. The van der Waals surface area contributed by atoms with Crippen molar-refractivity contribution in [1.82, 2.24) is 4.98 Å². The van der Waals surface area contributed by atoms with Crippen LogP contribution in [-0.4, -0.2) is 4.98 Å². The van der Waals surface area contributed by atoms with Gasteiger partial charge in [-0.15, -0.1) is 0 Å². The summed E-state index contributed by atoms with van der Waals surface area (Å²) in [7, 11) is 0. The number of allylic oxidation sites excluding steroid dienone is 1. The van der Waals surface area contributed by atoms with Gasteiger partial charge in [-0.3, -0.25) is 0 Å². The second-order valence-electron chi connectivity index (χ2n) is 3.63. The molecule has 2 nitrogen and oxygen atoms in total. The van der Waals surface area contributed by atoms with Gasteiger partial charge in [0.25, 0.3) is 0 Å². The lowest BCUT2D eigenvalue weighted by atomic mass is 9.85. The molecule has 0 aliphatic carbocycles. The average molecular weight is 160 g/mol. The van der Waals surface area contributed by atoms with E-state index in [2.05, 4.69) is 36.8 Å². The summed E-state index contributed by atoms with van der Waals surface area (Å²) in [4.78, 5) is 4.23. The Labute approximate surface area is 72.3 Å². The molecule has 0 saturated carbocycles. The minimum Gasteiger partial charge on any atom is -0.343 e. The van der Waals surface area contributed by atoms with Gasteiger partial charge in [-0.05, 0) is 6.07 Å². The minimum atomic E-state index is 0.0175. The van der Waals surface area contributed by atoms with Crippen LogP contribution >= 0.6 is 0 Å². The van der Waals surface area contributed by atoms with Crippen molar-refractivity contribution in [3.63, 3.8) is 0 Å². The molecule has 0 aromatic carbocycles. The second-order valence-corrected chi connectivity index (χ2v) is 3.63. The highest BCUT2D eigenvalue weighted by Crippen LogP contribution is 2.40. The van der Waals surface area contributed by atoms with E-state index in [1.165, 1.54) is 5.56 Å². The van der Waals surface area contributed by atoms with Crippen LogP contribution in [0.1, 0.15) is 19.4 Å². The first-order valence-corrected chi connectivity index (χ1v) is 4.04. The van der Waals surface area contributed by atoms with Crippen molar-refractivity contribution in [1.29, 1.82) is 0 Å². The van der Waals surface area contributed by atoms with Gasteiger partial charge in [0.15, 0.2) is 0 Å². The molecule has 0 radical (unpaired) electrons. The Morgan fingerprint density at radius 2 is 2.25 bits per heavy atom. The van der Waals surface area contributed by atoms with Crippen LogP contribution in [0.4, 0.5) is 5.82 Å². The number of nitrogens with zero attached hydrogens (tertiary/aromatic N) is 1. The van der Waals surface area contributed by atoms with E-state index in [4.69, 9.17) is 0 Å². The van der Waals surface area contributed by atoms with E-state index in [0.29, 0.717) is 0 Å². The second kappa shape index (κ2) is 2.09. The van der Waals surface area contributed by atoms with Crippen LogP contribution in [-0.2, 0) is 5.41 Å². The molecule has 0 bridgehead atoms. The molecule has 1 aliphatic heterocycles. The molecule has 1 aromatic rings. The molecule has 1 aliphatic rings. The van der Waals surface area contributed by atoms with Crippen molar-refractivity contribution in [2.75, 3.05) is 5.32 Å². The maximum absolute atomic E-state index is 4.23. The smallest absolute Gasteiger partial charge is 0.134 e. The Morgan fingerprint density at radius 1 is 1.50 bits per heavy atom. The third-order valence-electron chi connectivity index (χ3n) is 2.50. The number of fused-ring (bicyclic) bond motifs is 1. The van der Waals surface area contributed by atoms with Crippen molar-refractivity contribution < 1.29 is 0 Å². The zero-order valence-corrected chi connectivity index (χ0v) is 7.39. The monoisotopic (exact) mass is 160 g/mol. The summed E-state index contributed by atoms with van der Waals surface area (Å²) in [5.74, 6) is 0.951. The van der Waals surface area contributed by atoms with Crippen molar-refractivity contribution >= 4 is 5.82 Å². The van der Waals surface area contributed by atoms with Crippen LogP contribution in [0.2, 0.25) is 0 Å². The van der Waals surface area contributed by atoms with E-state index in [-0.39, 0.29) is 5.41 Å². The molecule has 0 amide bonds. The van der Waals surface area contributed by atoms with E-state index in [1.807, 2.05) is 6.07 Å². The number of pyridine rings is 1. The fraction of sp³-hybridized carbons (Fsp3) is 0.300. The predicted molar refractivity (Wildman–Crippen MR) is 50.0 cm³/mol. The fourth-order valence-electron chi connectivity index (χ4n) is 1.47. The first-order valence-electron chi connectivity index (χ1n) is 4.04. The Kier molecular flexibility index (Phi) is 1.28. The number of rotatable bonds is 0. The summed E-state index contributed by atoms with van der Waals surface area (Å²) < 4.78 is 0. The Morgan fingerprint density at radius 3 is 2.92 bits per heavy atom. The predicted octanol–water partition coefficient (Wildman–Crippen LogP) is 2.30. The average Bonchev–Trinajstić information content (AvgIpc) is 2.25. The highest BCUT2D eigenvalue weighted by atomic mass is 15.0. The van der Waals surface area contributed by atoms with Crippen molar-refractivity contribution in [2.45, 2.75) is 19.3 Å². The van der Waals surface area contributed by atoms with Gasteiger partial charge in [-0.2, -0.15) is 0 Å². The zero-order chi connectivity index (χ0) is 8.77. The van der Waals surface area contributed by atoms with Crippen LogP contribution in [0.25, 0.3) is 0 Å². The Bertz CT molecular complexity index is 339. The maximum atomic E-state index is 4.23.